The average Bonchev–Trinajstić information content (AvgIpc) is 2.63. The molecule has 0 bridgehead atoms. The molecule has 2 aromatic rings. The molecule has 25 heavy (non-hydrogen) atoms. The molecule has 0 aliphatic carbocycles. The van der Waals surface area contributed by atoms with Crippen LogP contribution in [-0.2, 0) is 9.53 Å². The van der Waals surface area contributed by atoms with Crippen LogP contribution in [0.4, 0.5) is 17.1 Å². The Labute approximate surface area is 144 Å². The Kier molecular flexibility index (Phi) is 5.74. The van der Waals surface area contributed by atoms with Crippen molar-refractivity contribution >= 4 is 28.9 Å². The fourth-order valence-electron chi connectivity index (χ4n) is 1.92. The molecule has 0 saturated carbocycles. The molecule has 0 spiro atoms. The number of ether oxygens (including phenoxy) is 1. The van der Waals surface area contributed by atoms with Gasteiger partial charge in [0.25, 0.3) is 5.91 Å². The van der Waals surface area contributed by atoms with Crippen molar-refractivity contribution in [1.29, 1.82) is 5.26 Å². The van der Waals surface area contributed by atoms with Crippen LogP contribution in [0.15, 0.2) is 60.3 Å². The molecule has 0 unspecified atom stereocenters. The number of nitrogens with two attached hydrogens (primary N) is 1. The maximum Gasteiger partial charge on any atom is 0.337 e. The van der Waals surface area contributed by atoms with Crippen LogP contribution in [-0.4, -0.2) is 19.0 Å². The Morgan fingerprint density at radius 3 is 2.52 bits per heavy atom. The largest absolute Gasteiger partial charge is 0.465 e. The van der Waals surface area contributed by atoms with Gasteiger partial charge in [0.1, 0.15) is 11.6 Å². The van der Waals surface area contributed by atoms with Gasteiger partial charge in [0.2, 0.25) is 0 Å². The quantitative estimate of drug-likeness (QED) is 0.334. The minimum Gasteiger partial charge on any atom is -0.465 e. The van der Waals surface area contributed by atoms with Crippen LogP contribution in [0, 0.1) is 11.3 Å². The lowest BCUT2D eigenvalue weighted by atomic mass is 10.2. The van der Waals surface area contributed by atoms with Crippen molar-refractivity contribution in [3.05, 3.63) is 65.9 Å². The fourth-order valence-corrected chi connectivity index (χ4v) is 1.92. The number of carbonyl (C=O) groups is 2. The van der Waals surface area contributed by atoms with Crippen molar-refractivity contribution in [3.8, 4) is 6.07 Å². The van der Waals surface area contributed by atoms with Crippen LogP contribution >= 0.6 is 0 Å². The molecule has 0 heterocycles. The van der Waals surface area contributed by atoms with Crippen LogP contribution < -0.4 is 16.4 Å². The predicted octanol–water partition coefficient (Wildman–Crippen LogP) is 2.51. The summed E-state index contributed by atoms with van der Waals surface area (Å²) in [5.74, 6) is -1.04. The second-order valence-electron chi connectivity index (χ2n) is 4.96. The van der Waals surface area contributed by atoms with Gasteiger partial charge in [-0.1, -0.05) is 6.07 Å². The molecule has 0 aliphatic heterocycles. The summed E-state index contributed by atoms with van der Waals surface area (Å²) < 4.78 is 4.64. The van der Waals surface area contributed by atoms with E-state index in [2.05, 4.69) is 15.4 Å². The number of amides is 1. The smallest absolute Gasteiger partial charge is 0.337 e. The van der Waals surface area contributed by atoms with Gasteiger partial charge in [-0.15, -0.1) is 0 Å². The van der Waals surface area contributed by atoms with Crippen molar-refractivity contribution < 1.29 is 14.3 Å². The summed E-state index contributed by atoms with van der Waals surface area (Å²) in [4.78, 5) is 23.6. The third-order valence-corrected chi connectivity index (χ3v) is 3.20. The van der Waals surface area contributed by atoms with E-state index in [0.717, 1.165) is 0 Å². The van der Waals surface area contributed by atoms with Gasteiger partial charge in [0.15, 0.2) is 0 Å². The van der Waals surface area contributed by atoms with E-state index < -0.39 is 11.9 Å². The molecule has 2 aromatic carbocycles. The van der Waals surface area contributed by atoms with E-state index in [0.29, 0.717) is 22.6 Å². The highest BCUT2D eigenvalue weighted by atomic mass is 16.5. The highest BCUT2D eigenvalue weighted by molar-refractivity contribution is 6.06. The molecule has 0 aliphatic rings. The number of nitrogens with one attached hydrogen (secondary N) is 2. The number of hydrogen-bond acceptors (Lipinski definition) is 6. The maximum atomic E-state index is 12.1. The summed E-state index contributed by atoms with van der Waals surface area (Å²) in [6.07, 6.45) is 1.27. The summed E-state index contributed by atoms with van der Waals surface area (Å²) in [6.45, 7) is 0. The number of methoxy groups -OCH3 is 1. The molecule has 0 radical (unpaired) electrons. The number of nitrogen functional groups attached to an aromatic ring is 1. The van der Waals surface area contributed by atoms with Crippen molar-refractivity contribution in [2.24, 2.45) is 0 Å². The minimum atomic E-state index is -0.566. The van der Waals surface area contributed by atoms with E-state index in [1.165, 1.54) is 13.3 Å². The number of rotatable bonds is 5. The summed E-state index contributed by atoms with van der Waals surface area (Å²) in [5, 5.41) is 14.6. The van der Waals surface area contributed by atoms with Crippen molar-refractivity contribution in [1.82, 2.24) is 0 Å². The van der Waals surface area contributed by atoms with Crippen molar-refractivity contribution in [2.45, 2.75) is 0 Å². The number of nitriles is 1. The molecule has 0 fully saturated rings. The van der Waals surface area contributed by atoms with Gasteiger partial charge < -0.3 is 21.1 Å². The summed E-state index contributed by atoms with van der Waals surface area (Å²) >= 11 is 0. The van der Waals surface area contributed by atoms with Crippen LogP contribution in [0.2, 0.25) is 0 Å². The van der Waals surface area contributed by atoms with E-state index in [9.17, 15) is 9.59 Å². The highest BCUT2D eigenvalue weighted by Gasteiger charge is 2.10. The Morgan fingerprint density at radius 1 is 1.16 bits per heavy atom. The highest BCUT2D eigenvalue weighted by Crippen LogP contribution is 2.14. The Morgan fingerprint density at radius 2 is 1.88 bits per heavy atom. The zero-order chi connectivity index (χ0) is 18.2. The second kappa shape index (κ2) is 8.17. The number of hydrogen-bond donors (Lipinski definition) is 3. The molecular formula is C18H16N4O3. The zero-order valence-corrected chi connectivity index (χ0v) is 13.4. The third kappa shape index (κ3) is 4.84. The Balaban J connectivity index is 2.09. The first-order valence-corrected chi connectivity index (χ1v) is 7.25. The van der Waals surface area contributed by atoms with Gasteiger partial charge in [-0.25, -0.2) is 4.79 Å². The van der Waals surface area contributed by atoms with Gasteiger partial charge in [-0.2, -0.15) is 5.26 Å². The van der Waals surface area contributed by atoms with Gasteiger partial charge in [0, 0.05) is 23.3 Å². The summed E-state index contributed by atoms with van der Waals surface area (Å²) in [5.41, 5.74) is 7.44. The van der Waals surface area contributed by atoms with E-state index in [1.807, 2.05) is 6.07 Å². The molecule has 0 saturated heterocycles. The fraction of sp³-hybridized carbons (Fsp3) is 0.0556. The summed E-state index contributed by atoms with van der Waals surface area (Å²) in [6, 6.07) is 14.9. The molecule has 1 amide bonds. The number of anilines is 3. The minimum absolute atomic E-state index is 0.125. The molecule has 0 aromatic heterocycles. The predicted molar refractivity (Wildman–Crippen MR) is 94.6 cm³/mol. The van der Waals surface area contributed by atoms with Crippen LogP contribution in [0.3, 0.4) is 0 Å². The summed E-state index contributed by atoms with van der Waals surface area (Å²) in [7, 11) is 1.29. The van der Waals surface area contributed by atoms with Crippen molar-refractivity contribution in [3.63, 3.8) is 0 Å². The first kappa shape index (κ1) is 17.6. The molecule has 2 rings (SSSR count). The Bertz CT molecular complexity index is 851. The standard InChI is InChI=1S/C18H16N4O3/c1-25-18(24)12-3-2-4-16(9-12)21-11-13(10-19)17(23)22-15-7-5-14(20)6-8-15/h2-9,11,21H,20H2,1H3,(H,22,23)/b13-11-. The van der Waals surface area contributed by atoms with Crippen molar-refractivity contribution in [2.75, 3.05) is 23.5 Å². The number of carbonyl (C=O) groups excluding carboxylic acids is 2. The van der Waals surface area contributed by atoms with Crippen LogP contribution in [0.5, 0.6) is 0 Å². The van der Waals surface area contributed by atoms with Gasteiger partial charge >= 0.3 is 5.97 Å². The molecule has 0 atom stereocenters. The molecule has 126 valence electrons. The van der Waals surface area contributed by atoms with E-state index in [-0.39, 0.29) is 5.57 Å². The lowest BCUT2D eigenvalue weighted by Crippen LogP contribution is -2.14. The zero-order valence-electron chi connectivity index (χ0n) is 13.4. The van der Waals surface area contributed by atoms with Crippen LogP contribution in [0.1, 0.15) is 10.4 Å². The SMILES string of the molecule is COC(=O)c1cccc(N/C=C(/C#N)C(=O)Nc2ccc(N)cc2)c1. The third-order valence-electron chi connectivity index (χ3n) is 3.20. The first-order valence-electron chi connectivity index (χ1n) is 7.25. The van der Waals surface area contributed by atoms with Gasteiger partial charge in [-0.3, -0.25) is 4.79 Å². The molecule has 7 heteroatoms. The number of nitrogens with zero attached hydrogens (tertiary/aromatic N) is 1. The molecule has 7 nitrogen and oxygen atoms in total. The lowest BCUT2D eigenvalue weighted by Gasteiger charge is -2.06. The first-order chi connectivity index (χ1) is 12.0. The average molecular weight is 336 g/mol. The number of benzene rings is 2. The topological polar surface area (TPSA) is 117 Å². The number of esters is 1. The van der Waals surface area contributed by atoms with Gasteiger partial charge in [0.05, 0.1) is 12.7 Å². The monoisotopic (exact) mass is 336 g/mol. The molecule has 4 N–H and O–H groups in total. The lowest BCUT2D eigenvalue weighted by molar-refractivity contribution is -0.112. The normalized spacial score (nSPS) is 10.5. The van der Waals surface area contributed by atoms with E-state index in [1.54, 1.807) is 48.5 Å². The van der Waals surface area contributed by atoms with Gasteiger partial charge in [-0.05, 0) is 42.5 Å². The molecular weight excluding hydrogens is 320 g/mol. The van der Waals surface area contributed by atoms with E-state index >= 15 is 0 Å². The second-order valence-corrected chi connectivity index (χ2v) is 4.96. The maximum absolute atomic E-state index is 12.1. The Hall–Kier alpha value is -3.79. The van der Waals surface area contributed by atoms with E-state index in [4.69, 9.17) is 11.0 Å². The van der Waals surface area contributed by atoms with Crippen LogP contribution in [0.25, 0.3) is 0 Å².